The van der Waals surface area contributed by atoms with Crippen molar-refractivity contribution in [3.05, 3.63) is 64.7 Å². The Balaban J connectivity index is 1.80. The van der Waals surface area contributed by atoms with E-state index >= 15 is 0 Å². The molecule has 0 aliphatic carbocycles. The highest BCUT2D eigenvalue weighted by atomic mass is 35.5. The van der Waals surface area contributed by atoms with Crippen molar-refractivity contribution >= 4 is 27.5 Å². The Morgan fingerprint density at radius 2 is 1.88 bits per heavy atom. The van der Waals surface area contributed by atoms with Crippen LogP contribution in [-0.4, -0.2) is 27.4 Å². The maximum Gasteiger partial charge on any atom is 0.241 e. The van der Waals surface area contributed by atoms with Gasteiger partial charge in [0.05, 0.1) is 11.4 Å². The monoisotopic (exact) mass is 366 g/mol. The van der Waals surface area contributed by atoms with Crippen LogP contribution in [0.1, 0.15) is 11.1 Å². The molecule has 7 heteroatoms. The molecule has 0 radical (unpaired) electrons. The number of hydrogen-bond donors (Lipinski definition) is 2. The van der Waals surface area contributed by atoms with Crippen LogP contribution in [0.5, 0.6) is 0 Å². The molecule has 5 nitrogen and oxygen atoms in total. The Bertz CT molecular complexity index is 822. The second-order valence-corrected chi connectivity index (χ2v) is 7.57. The highest BCUT2D eigenvalue weighted by Crippen LogP contribution is 2.11. The number of benzene rings is 2. The zero-order valence-corrected chi connectivity index (χ0v) is 14.8. The third-order valence-corrected chi connectivity index (χ3v) is 4.98. The lowest BCUT2D eigenvalue weighted by atomic mass is 10.1. The van der Waals surface area contributed by atoms with Crippen molar-refractivity contribution in [2.75, 3.05) is 13.1 Å². The largest absolute Gasteiger partial charge is 0.355 e. The number of halogens is 1. The van der Waals surface area contributed by atoms with Crippen LogP contribution in [0.3, 0.4) is 0 Å². The van der Waals surface area contributed by atoms with Crippen LogP contribution in [0.15, 0.2) is 53.4 Å². The van der Waals surface area contributed by atoms with Crippen LogP contribution in [0.2, 0.25) is 5.02 Å². The first-order valence-corrected chi connectivity index (χ1v) is 9.30. The Labute approximate surface area is 147 Å². The Hall–Kier alpha value is -1.89. The number of carbonyl (C=O) groups is 1. The number of hydrogen-bond acceptors (Lipinski definition) is 3. The van der Waals surface area contributed by atoms with E-state index in [4.69, 9.17) is 11.6 Å². The molecule has 0 saturated heterocycles. The second kappa shape index (κ2) is 8.28. The molecule has 1 amide bonds. The minimum atomic E-state index is -3.69. The normalized spacial score (nSPS) is 11.2. The summed E-state index contributed by atoms with van der Waals surface area (Å²) < 4.78 is 26.5. The number of sulfonamides is 1. The summed E-state index contributed by atoms with van der Waals surface area (Å²) in [5, 5.41) is 3.32. The van der Waals surface area contributed by atoms with E-state index < -0.39 is 10.0 Å². The molecule has 0 atom stereocenters. The maximum absolute atomic E-state index is 12.1. The topological polar surface area (TPSA) is 75.3 Å². The van der Waals surface area contributed by atoms with E-state index in [-0.39, 0.29) is 17.3 Å². The van der Waals surface area contributed by atoms with Gasteiger partial charge in [-0.2, -0.15) is 0 Å². The summed E-state index contributed by atoms with van der Waals surface area (Å²) in [6.07, 6.45) is 0.622. The first kappa shape index (κ1) is 18.4. The summed E-state index contributed by atoms with van der Waals surface area (Å²) >= 11 is 5.89. The molecule has 0 aliphatic heterocycles. The van der Waals surface area contributed by atoms with Gasteiger partial charge in [0, 0.05) is 11.6 Å². The van der Waals surface area contributed by atoms with Crippen molar-refractivity contribution in [1.29, 1.82) is 0 Å². The molecule has 0 bridgehead atoms. The summed E-state index contributed by atoms with van der Waals surface area (Å²) in [6, 6.07) is 13.9. The number of rotatable bonds is 7. The minimum Gasteiger partial charge on any atom is -0.355 e. The minimum absolute atomic E-state index is 0.147. The van der Waals surface area contributed by atoms with Crippen LogP contribution in [0, 0.1) is 6.92 Å². The second-order valence-electron chi connectivity index (χ2n) is 5.37. The SMILES string of the molecule is Cc1cccc(S(=O)(=O)NCC(=O)NCCc2cccc(Cl)c2)c1. The van der Waals surface area contributed by atoms with Gasteiger partial charge in [-0.15, -0.1) is 0 Å². The Morgan fingerprint density at radius 3 is 2.58 bits per heavy atom. The summed E-state index contributed by atoms with van der Waals surface area (Å²) in [5.74, 6) is -0.381. The summed E-state index contributed by atoms with van der Waals surface area (Å²) in [7, 11) is -3.69. The zero-order chi connectivity index (χ0) is 17.6. The average molecular weight is 367 g/mol. The van der Waals surface area contributed by atoms with Crippen LogP contribution < -0.4 is 10.0 Å². The molecule has 0 heterocycles. The van der Waals surface area contributed by atoms with Crippen molar-refractivity contribution < 1.29 is 13.2 Å². The zero-order valence-electron chi connectivity index (χ0n) is 13.3. The number of carbonyl (C=O) groups excluding carboxylic acids is 1. The van der Waals surface area contributed by atoms with Gasteiger partial charge >= 0.3 is 0 Å². The predicted molar refractivity (Wildman–Crippen MR) is 94.5 cm³/mol. The van der Waals surface area contributed by atoms with E-state index in [1.165, 1.54) is 6.07 Å². The molecule has 2 rings (SSSR count). The summed E-state index contributed by atoms with van der Waals surface area (Å²) in [6.45, 7) is 1.92. The van der Waals surface area contributed by atoms with Gasteiger partial charge in [0.25, 0.3) is 0 Å². The van der Waals surface area contributed by atoms with Crippen molar-refractivity contribution in [3.8, 4) is 0 Å². The van der Waals surface area contributed by atoms with Crippen molar-refractivity contribution in [1.82, 2.24) is 10.0 Å². The van der Waals surface area contributed by atoms with E-state index in [2.05, 4.69) is 10.0 Å². The summed E-state index contributed by atoms with van der Waals surface area (Å²) in [4.78, 5) is 11.9. The predicted octanol–water partition coefficient (Wildman–Crippen LogP) is 2.29. The smallest absolute Gasteiger partial charge is 0.241 e. The fraction of sp³-hybridized carbons (Fsp3) is 0.235. The molecule has 0 aromatic heterocycles. The van der Waals surface area contributed by atoms with E-state index in [0.29, 0.717) is 18.0 Å². The molecular formula is C17H19ClN2O3S. The standard InChI is InChI=1S/C17H19ClN2O3S/c1-13-4-2-7-16(10-13)24(22,23)20-12-17(21)19-9-8-14-5-3-6-15(18)11-14/h2-7,10-11,20H,8-9,12H2,1H3,(H,19,21). The van der Waals surface area contributed by atoms with Gasteiger partial charge in [-0.25, -0.2) is 13.1 Å². The fourth-order valence-electron chi connectivity index (χ4n) is 2.13. The average Bonchev–Trinajstić information content (AvgIpc) is 2.53. The van der Waals surface area contributed by atoms with Crippen LogP contribution in [0.25, 0.3) is 0 Å². The van der Waals surface area contributed by atoms with E-state index in [1.54, 1.807) is 18.2 Å². The molecule has 2 aromatic rings. The molecule has 0 spiro atoms. The molecule has 2 N–H and O–H groups in total. The number of nitrogens with one attached hydrogen (secondary N) is 2. The van der Waals surface area contributed by atoms with E-state index in [1.807, 2.05) is 31.2 Å². The number of aryl methyl sites for hydroxylation is 1. The van der Waals surface area contributed by atoms with Crippen LogP contribution >= 0.6 is 11.6 Å². The molecule has 24 heavy (non-hydrogen) atoms. The van der Waals surface area contributed by atoms with Gasteiger partial charge in [-0.1, -0.05) is 35.9 Å². The Kier molecular flexibility index (Phi) is 6.36. The van der Waals surface area contributed by atoms with Gasteiger partial charge in [-0.05, 0) is 48.7 Å². The lowest BCUT2D eigenvalue weighted by Crippen LogP contribution is -2.37. The summed E-state index contributed by atoms with van der Waals surface area (Å²) in [5.41, 5.74) is 1.84. The van der Waals surface area contributed by atoms with E-state index in [0.717, 1.165) is 11.1 Å². The highest BCUT2D eigenvalue weighted by Gasteiger charge is 2.15. The quantitative estimate of drug-likeness (QED) is 0.789. The highest BCUT2D eigenvalue weighted by molar-refractivity contribution is 7.89. The molecule has 0 saturated carbocycles. The fourth-order valence-corrected chi connectivity index (χ4v) is 3.43. The molecular weight excluding hydrogens is 348 g/mol. The maximum atomic E-state index is 12.1. The Morgan fingerprint density at radius 1 is 1.12 bits per heavy atom. The van der Waals surface area contributed by atoms with Gasteiger partial charge in [-0.3, -0.25) is 4.79 Å². The molecule has 0 aliphatic rings. The van der Waals surface area contributed by atoms with Gasteiger partial charge in [0.2, 0.25) is 15.9 Å². The van der Waals surface area contributed by atoms with Gasteiger partial charge in [0.1, 0.15) is 0 Å². The van der Waals surface area contributed by atoms with Gasteiger partial charge < -0.3 is 5.32 Å². The van der Waals surface area contributed by atoms with Crippen LogP contribution in [0.4, 0.5) is 0 Å². The lowest BCUT2D eigenvalue weighted by molar-refractivity contribution is -0.119. The molecule has 2 aromatic carbocycles. The lowest BCUT2D eigenvalue weighted by Gasteiger charge is -2.08. The van der Waals surface area contributed by atoms with Crippen molar-refractivity contribution in [2.45, 2.75) is 18.2 Å². The molecule has 0 unspecified atom stereocenters. The van der Waals surface area contributed by atoms with Crippen LogP contribution in [-0.2, 0) is 21.2 Å². The first-order valence-electron chi connectivity index (χ1n) is 7.44. The van der Waals surface area contributed by atoms with E-state index in [9.17, 15) is 13.2 Å². The first-order chi connectivity index (χ1) is 11.4. The molecule has 128 valence electrons. The van der Waals surface area contributed by atoms with Crippen molar-refractivity contribution in [2.24, 2.45) is 0 Å². The third kappa shape index (κ3) is 5.63. The van der Waals surface area contributed by atoms with Crippen molar-refractivity contribution in [3.63, 3.8) is 0 Å². The molecule has 0 fully saturated rings. The number of amides is 1. The van der Waals surface area contributed by atoms with Gasteiger partial charge in [0.15, 0.2) is 0 Å². The third-order valence-electron chi connectivity index (χ3n) is 3.35.